The van der Waals surface area contributed by atoms with Gasteiger partial charge in [-0.3, -0.25) is 5.41 Å². The first-order valence-electron chi connectivity index (χ1n) is 5.01. The summed E-state index contributed by atoms with van der Waals surface area (Å²) in [5, 5.41) is 8.48. The third-order valence-corrected chi connectivity index (χ3v) is 4.82. The average molecular weight is 387 g/mol. The van der Waals surface area contributed by atoms with E-state index < -0.39 is 0 Å². The lowest BCUT2D eigenvalue weighted by atomic mass is 10.2. The van der Waals surface area contributed by atoms with Crippen LogP contribution in [0.1, 0.15) is 5.56 Å². The summed E-state index contributed by atoms with van der Waals surface area (Å²) in [5.41, 5.74) is 6.31. The third-order valence-electron chi connectivity index (χ3n) is 2.18. The Morgan fingerprint density at radius 3 is 2.56 bits per heavy atom. The van der Waals surface area contributed by atoms with E-state index in [9.17, 15) is 0 Å². The summed E-state index contributed by atoms with van der Waals surface area (Å²) in [5.74, 6) is 0.0389. The van der Waals surface area contributed by atoms with E-state index in [1.165, 1.54) is 11.8 Å². The van der Waals surface area contributed by atoms with Crippen LogP contribution in [0.25, 0.3) is 0 Å². The molecule has 0 radical (unpaired) electrons. The van der Waals surface area contributed by atoms with Gasteiger partial charge < -0.3 is 5.73 Å². The highest BCUT2D eigenvalue weighted by atomic mass is 79.9. The molecule has 0 atom stereocenters. The van der Waals surface area contributed by atoms with Crippen molar-refractivity contribution in [1.29, 1.82) is 5.41 Å². The molecule has 3 N–H and O–H groups in total. The van der Waals surface area contributed by atoms with Gasteiger partial charge in [-0.2, -0.15) is 0 Å². The number of hydrogen-bond donors (Lipinski definition) is 2. The maximum atomic E-state index is 7.64. The topological polar surface area (TPSA) is 62.8 Å². The third kappa shape index (κ3) is 2.93. The molecule has 2 rings (SSSR count). The maximum absolute atomic E-state index is 7.64. The predicted molar refractivity (Wildman–Crippen MR) is 81.2 cm³/mol. The minimum Gasteiger partial charge on any atom is -0.384 e. The Bertz CT molecular complexity index is 602. The first-order valence-corrected chi connectivity index (χ1v) is 7.41. The first kappa shape index (κ1) is 13.6. The second-order valence-electron chi connectivity index (χ2n) is 3.42. The van der Waals surface area contributed by atoms with E-state index in [0.717, 1.165) is 18.9 Å². The van der Waals surface area contributed by atoms with Crippen LogP contribution in [0.4, 0.5) is 0 Å². The lowest BCUT2D eigenvalue weighted by Gasteiger charge is -2.10. The van der Waals surface area contributed by atoms with Crippen LogP contribution in [0.2, 0.25) is 0 Å². The van der Waals surface area contributed by atoms with Crippen molar-refractivity contribution in [2.45, 2.75) is 9.92 Å². The van der Waals surface area contributed by atoms with Crippen LogP contribution in [-0.2, 0) is 0 Å². The summed E-state index contributed by atoms with van der Waals surface area (Å²) in [6.45, 7) is 0. The first-order chi connectivity index (χ1) is 8.59. The summed E-state index contributed by atoms with van der Waals surface area (Å²) in [4.78, 5) is 5.19. The molecule has 2 aromatic rings. The van der Waals surface area contributed by atoms with Crippen LogP contribution in [0.3, 0.4) is 0 Å². The van der Waals surface area contributed by atoms with E-state index in [1.807, 2.05) is 30.3 Å². The van der Waals surface area contributed by atoms with Gasteiger partial charge in [-0.15, -0.1) is 0 Å². The summed E-state index contributed by atoms with van der Waals surface area (Å²) in [6.07, 6.45) is 1.73. The van der Waals surface area contributed by atoms with Crippen LogP contribution in [-0.4, -0.2) is 10.8 Å². The van der Waals surface area contributed by atoms with E-state index >= 15 is 0 Å². The van der Waals surface area contributed by atoms with Gasteiger partial charge in [0.05, 0.1) is 4.47 Å². The number of nitrogens with two attached hydrogens (primary N) is 1. The second kappa shape index (κ2) is 5.86. The molecule has 0 spiro atoms. The lowest BCUT2D eigenvalue weighted by Crippen LogP contribution is -2.13. The van der Waals surface area contributed by atoms with Crippen molar-refractivity contribution in [2.75, 3.05) is 0 Å². The molecular weight excluding hydrogens is 378 g/mol. The number of hydrogen-bond acceptors (Lipinski definition) is 3. The number of rotatable bonds is 3. The van der Waals surface area contributed by atoms with Gasteiger partial charge in [0.1, 0.15) is 10.9 Å². The number of amidine groups is 1. The zero-order valence-electron chi connectivity index (χ0n) is 9.15. The molecule has 1 heterocycles. The number of nitrogen functional groups attached to an aromatic ring is 1. The summed E-state index contributed by atoms with van der Waals surface area (Å²) in [6, 6.07) is 9.50. The fourth-order valence-corrected chi connectivity index (χ4v) is 3.57. The summed E-state index contributed by atoms with van der Waals surface area (Å²) >= 11 is 8.34. The van der Waals surface area contributed by atoms with E-state index in [1.54, 1.807) is 6.20 Å². The second-order valence-corrected chi connectivity index (χ2v) is 6.16. The van der Waals surface area contributed by atoms with Crippen molar-refractivity contribution < 1.29 is 0 Å². The Labute approximate surface area is 126 Å². The Balaban J connectivity index is 2.44. The Morgan fingerprint density at radius 2 is 1.89 bits per heavy atom. The molecule has 3 nitrogen and oxygen atoms in total. The lowest BCUT2D eigenvalue weighted by molar-refractivity contribution is 1.11. The summed E-state index contributed by atoms with van der Waals surface area (Å²) < 4.78 is 1.73. The molecule has 6 heteroatoms. The molecule has 1 aromatic carbocycles. The minimum absolute atomic E-state index is 0.0389. The monoisotopic (exact) mass is 385 g/mol. The molecule has 0 amide bonds. The minimum atomic E-state index is 0.0389. The SMILES string of the molecule is N=C(N)c1c(Br)cccc1Sc1ncccc1Br. The van der Waals surface area contributed by atoms with Crippen LogP contribution >= 0.6 is 43.6 Å². The molecular formula is C12H9Br2N3S. The van der Waals surface area contributed by atoms with Gasteiger partial charge in [0.15, 0.2) is 0 Å². The number of nitrogens with one attached hydrogen (secondary N) is 1. The van der Waals surface area contributed by atoms with E-state index in [2.05, 4.69) is 36.8 Å². The van der Waals surface area contributed by atoms with Crippen molar-refractivity contribution >= 4 is 49.5 Å². The van der Waals surface area contributed by atoms with Gasteiger partial charge in [0.25, 0.3) is 0 Å². The normalized spacial score (nSPS) is 10.3. The molecule has 0 bridgehead atoms. The van der Waals surface area contributed by atoms with Crippen LogP contribution < -0.4 is 5.73 Å². The van der Waals surface area contributed by atoms with Gasteiger partial charge in [-0.1, -0.05) is 17.8 Å². The number of nitrogens with zero attached hydrogens (tertiary/aromatic N) is 1. The highest BCUT2D eigenvalue weighted by Gasteiger charge is 2.12. The molecule has 0 unspecified atom stereocenters. The molecule has 18 heavy (non-hydrogen) atoms. The predicted octanol–water partition coefficient (Wildman–Crippen LogP) is 4.04. The van der Waals surface area contributed by atoms with Gasteiger partial charge in [-0.25, -0.2) is 4.98 Å². The van der Waals surface area contributed by atoms with Gasteiger partial charge in [-0.05, 0) is 56.1 Å². The number of pyridine rings is 1. The standard InChI is InChI=1S/C12H9Br2N3S/c13-7-3-1-5-9(10(7)11(15)16)18-12-8(14)4-2-6-17-12/h1-6H,(H3,15,16). The highest BCUT2D eigenvalue weighted by molar-refractivity contribution is 9.10. The van der Waals surface area contributed by atoms with Crippen LogP contribution in [0.15, 0.2) is 55.4 Å². The fraction of sp³-hybridized carbons (Fsp3) is 0. The zero-order valence-corrected chi connectivity index (χ0v) is 13.1. The van der Waals surface area contributed by atoms with Crippen LogP contribution in [0.5, 0.6) is 0 Å². The molecule has 92 valence electrons. The van der Waals surface area contributed by atoms with Crippen LogP contribution in [0, 0.1) is 5.41 Å². The molecule has 0 saturated carbocycles. The van der Waals surface area contributed by atoms with Gasteiger partial charge in [0.2, 0.25) is 0 Å². The largest absolute Gasteiger partial charge is 0.384 e. The van der Waals surface area contributed by atoms with Crippen molar-refractivity contribution in [3.8, 4) is 0 Å². The van der Waals surface area contributed by atoms with Gasteiger partial charge >= 0.3 is 0 Å². The fourth-order valence-electron chi connectivity index (χ4n) is 1.40. The number of aromatic nitrogens is 1. The van der Waals surface area contributed by atoms with E-state index in [0.29, 0.717) is 5.56 Å². The molecule has 0 aliphatic heterocycles. The van der Waals surface area contributed by atoms with Crippen molar-refractivity contribution in [3.05, 3.63) is 51.0 Å². The Hall–Kier alpha value is -0.850. The molecule has 0 saturated heterocycles. The van der Waals surface area contributed by atoms with E-state index in [4.69, 9.17) is 11.1 Å². The highest BCUT2D eigenvalue weighted by Crippen LogP contribution is 2.35. The van der Waals surface area contributed by atoms with Crippen molar-refractivity contribution in [1.82, 2.24) is 4.98 Å². The molecule has 0 aliphatic rings. The Morgan fingerprint density at radius 1 is 1.17 bits per heavy atom. The smallest absolute Gasteiger partial charge is 0.125 e. The average Bonchev–Trinajstić information content (AvgIpc) is 2.31. The van der Waals surface area contributed by atoms with Gasteiger partial charge in [0, 0.05) is 21.1 Å². The molecule has 0 aliphatic carbocycles. The summed E-state index contributed by atoms with van der Waals surface area (Å²) in [7, 11) is 0. The molecule has 0 fully saturated rings. The quantitative estimate of drug-likeness (QED) is 0.618. The van der Waals surface area contributed by atoms with Crippen molar-refractivity contribution in [3.63, 3.8) is 0 Å². The van der Waals surface area contributed by atoms with Crippen molar-refractivity contribution in [2.24, 2.45) is 5.73 Å². The zero-order chi connectivity index (χ0) is 13.1. The van der Waals surface area contributed by atoms with E-state index in [-0.39, 0.29) is 5.84 Å². The maximum Gasteiger partial charge on any atom is 0.125 e. The Kier molecular flexibility index (Phi) is 4.42. The molecule has 1 aromatic heterocycles. The number of benzene rings is 1. The number of halogens is 2.